The number of nitrogens with one attached hydrogen (secondary N) is 3. The van der Waals surface area contributed by atoms with Crippen LogP contribution < -0.4 is 26.8 Å². The maximum Gasteiger partial charge on any atom is 0.255 e. The highest BCUT2D eigenvalue weighted by Gasteiger charge is 2.25. The number of halogens is 3. The Bertz CT molecular complexity index is 1190. The van der Waals surface area contributed by atoms with Crippen molar-refractivity contribution in [2.75, 3.05) is 7.11 Å². The van der Waals surface area contributed by atoms with Crippen LogP contribution in [0.3, 0.4) is 0 Å². The third-order valence-electron chi connectivity index (χ3n) is 5.73. The molecule has 0 heterocycles. The van der Waals surface area contributed by atoms with Crippen molar-refractivity contribution in [3.8, 4) is 5.75 Å². The summed E-state index contributed by atoms with van der Waals surface area (Å²) in [6.07, 6.45) is 3.62. The Labute approximate surface area is 200 Å². The number of nitrogens with two attached hydrogens (primary N) is 2. The van der Waals surface area contributed by atoms with Crippen molar-refractivity contribution in [1.82, 2.24) is 10.6 Å². The molecule has 0 radical (unpaired) electrons. The highest BCUT2D eigenvalue weighted by molar-refractivity contribution is 6.26. The fourth-order valence-corrected chi connectivity index (χ4v) is 3.93. The Balaban J connectivity index is 1.81. The molecule has 2 aromatic carbocycles. The van der Waals surface area contributed by atoms with Crippen LogP contribution in [-0.4, -0.2) is 30.7 Å². The molecule has 3 rings (SSSR count). The van der Waals surface area contributed by atoms with E-state index in [1.54, 1.807) is 0 Å². The fourth-order valence-electron chi connectivity index (χ4n) is 3.93. The number of benzene rings is 2. The van der Waals surface area contributed by atoms with Gasteiger partial charge in [0.1, 0.15) is 34.6 Å². The highest BCUT2D eigenvalue weighted by Crippen LogP contribution is 2.22. The van der Waals surface area contributed by atoms with Gasteiger partial charge in [0.05, 0.1) is 18.4 Å². The summed E-state index contributed by atoms with van der Waals surface area (Å²) in [6, 6.07) is 4.86. The number of amides is 2. The number of methoxy groups -OCH3 is 1. The first-order valence-electron chi connectivity index (χ1n) is 10.9. The molecule has 11 heteroatoms. The van der Waals surface area contributed by atoms with Crippen molar-refractivity contribution in [3.05, 3.63) is 75.9 Å². The van der Waals surface area contributed by atoms with E-state index in [1.807, 2.05) is 0 Å². The van der Waals surface area contributed by atoms with E-state index in [1.165, 1.54) is 13.2 Å². The maximum absolute atomic E-state index is 14.9. The van der Waals surface area contributed by atoms with Crippen LogP contribution in [0.25, 0.3) is 0 Å². The van der Waals surface area contributed by atoms with Crippen molar-refractivity contribution in [2.24, 2.45) is 11.5 Å². The number of ether oxygens (including phenoxy) is 1. The quantitative estimate of drug-likeness (QED) is 0.272. The molecule has 0 bridgehead atoms. The van der Waals surface area contributed by atoms with Crippen molar-refractivity contribution in [1.29, 1.82) is 5.41 Å². The second-order valence-corrected chi connectivity index (χ2v) is 8.10. The second kappa shape index (κ2) is 10.9. The Hall–Kier alpha value is -4.02. The molecular weight excluding hydrogens is 463 g/mol. The topological polar surface area (TPSA) is 143 Å². The third-order valence-corrected chi connectivity index (χ3v) is 5.73. The van der Waals surface area contributed by atoms with Gasteiger partial charge in [0.2, 0.25) is 0 Å². The lowest BCUT2D eigenvalue weighted by Crippen LogP contribution is -2.36. The Morgan fingerprint density at radius 3 is 2.37 bits per heavy atom. The van der Waals surface area contributed by atoms with Gasteiger partial charge >= 0.3 is 0 Å². The van der Waals surface area contributed by atoms with Crippen LogP contribution >= 0.6 is 0 Å². The van der Waals surface area contributed by atoms with Gasteiger partial charge in [0, 0.05) is 23.7 Å². The van der Waals surface area contributed by atoms with E-state index in [-0.39, 0.29) is 28.7 Å². The summed E-state index contributed by atoms with van der Waals surface area (Å²) in [6.45, 7) is -0.432. The first kappa shape index (κ1) is 25.6. The lowest BCUT2D eigenvalue weighted by atomic mass is 9.99. The minimum absolute atomic E-state index is 0.00133. The third kappa shape index (κ3) is 5.92. The molecule has 1 fully saturated rings. The normalized spacial score (nSPS) is 14.3. The zero-order chi connectivity index (χ0) is 25.7. The van der Waals surface area contributed by atoms with E-state index in [0.717, 1.165) is 49.9 Å². The van der Waals surface area contributed by atoms with Crippen LogP contribution in [0.5, 0.6) is 5.75 Å². The standard InChI is InChI=1S/C24H26F3N5O3/c1-35-19-7-6-13(25)9-16(19)24(34)31-11-12-8-18(27)15(10-17(12)26)21(28)20(23(30)33)22(29)32-14-4-2-3-5-14/h6-10,14,28,32H,2-5,11,29H2,1H3,(H2,30,33)(H,31,34)/b22-20+,28-21?. The average Bonchev–Trinajstić information content (AvgIpc) is 3.31. The van der Waals surface area contributed by atoms with Gasteiger partial charge in [-0.05, 0) is 43.2 Å². The number of hydrogen-bond donors (Lipinski definition) is 5. The van der Waals surface area contributed by atoms with E-state index in [4.69, 9.17) is 21.6 Å². The fraction of sp³-hybridized carbons (Fsp3) is 0.292. The molecular formula is C24H26F3N5O3. The molecule has 35 heavy (non-hydrogen) atoms. The van der Waals surface area contributed by atoms with E-state index >= 15 is 0 Å². The van der Waals surface area contributed by atoms with Gasteiger partial charge in [-0.1, -0.05) is 12.8 Å². The van der Waals surface area contributed by atoms with Gasteiger partial charge in [0.15, 0.2) is 0 Å². The summed E-state index contributed by atoms with van der Waals surface area (Å²) in [7, 11) is 1.30. The van der Waals surface area contributed by atoms with Crippen molar-refractivity contribution < 1.29 is 27.5 Å². The largest absolute Gasteiger partial charge is 0.496 e. The van der Waals surface area contributed by atoms with Crippen molar-refractivity contribution in [2.45, 2.75) is 38.3 Å². The zero-order valence-electron chi connectivity index (χ0n) is 19.0. The van der Waals surface area contributed by atoms with Gasteiger partial charge < -0.3 is 26.8 Å². The zero-order valence-corrected chi connectivity index (χ0v) is 19.0. The molecule has 0 spiro atoms. The molecule has 2 aromatic rings. The number of hydrogen-bond acceptors (Lipinski definition) is 6. The monoisotopic (exact) mass is 489 g/mol. The molecule has 0 unspecified atom stereocenters. The van der Waals surface area contributed by atoms with Gasteiger partial charge in [-0.25, -0.2) is 13.2 Å². The molecule has 1 saturated carbocycles. The lowest BCUT2D eigenvalue weighted by Gasteiger charge is -2.17. The smallest absolute Gasteiger partial charge is 0.255 e. The molecule has 1 aliphatic rings. The summed E-state index contributed by atoms with van der Waals surface area (Å²) in [5.41, 5.74) is 9.34. The summed E-state index contributed by atoms with van der Waals surface area (Å²) in [5.74, 6) is -4.51. The Morgan fingerprint density at radius 2 is 1.74 bits per heavy atom. The molecule has 0 aliphatic heterocycles. The SMILES string of the molecule is COc1ccc(F)cc1C(=O)NCc1cc(F)c(C(=N)/C(C(N)=O)=C(/N)NC2CCCC2)cc1F. The minimum atomic E-state index is -1.06. The van der Waals surface area contributed by atoms with Crippen LogP contribution in [0.4, 0.5) is 13.2 Å². The van der Waals surface area contributed by atoms with Crippen LogP contribution in [0.1, 0.15) is 47.2 Å². The summed E-state index contributed by atoms with van der Waals surface area (Å²) >= 11 is 0. The Kier molecular flexibility index (Phi) is 8.00. The van der Waals surface area contributed by atoms with E-state index < -0.39 is 52.7 Å². The van der Waals surface area contributed by atoms with Crippen molar-refractivity contribution in [3.63, 3.8) is 0 Å². The number of primary amides is 1. The number of rotatable bonds is 9. The summed E-state index contributed by atoms with van der Waals surface area (Å²) in [5, 5.41) is 13.6. The predicted molar refractivity (Wildman–Crippen MR) is 123 cm³/mol. The predicted octanol–water partition coefficient (Wildman–Crippen LogP) is 2.60. The molecule has 0 atom stereocenters. The van der Waals surface area contributed by atoms with Crippen LogP contribution in [0.15, 0.2) is 41.7 Å². The summed E-state index contributed by atoms with van der Waals surface area (Å²) in [4.78, 5) is 24.4. The Morgan fingerprint density at radius 1 is 1.06 bits per heavy atom. The molecule has 1 aliphatic carbocycles. The molecule has 8 nitrogen and oxygen atoms in total. The summed E-state index contributed by atoms with van der Waals surface area (Å²) < 4.78 is 48.2. The van der Waals surface area contributed by atoms with Gasteiger partial charge in [-0.2, -0.15) is 0 Å². The van der Waals surface area contributed by atoms with Crippen LogP contribution in [-0.2, 0) is 11.3 Å². The number of carbonyl (C=O) groups excluding carboxylic acids is 2. The molecule has 0 aromatic heterocycles. The number of carbonyl (C=O) groups is 2. The molecule has 2 amide bonds. The maximum atomic E-state index is 14.9. The average molecular weight is 489 g/mol. The van der Waals surface area contributed by atoms with Gasteiger partial charge in [-0.15, -0.1) is 0 Å². The highest BCUT2D eigenvalue weighted by atomic mass is 19.1. The minimum Gasteiger partial charge on any atom is -0.496 e. The second-order valence-electron chi connectivity index (χ2n) is 8.10. The molecule has 0 saturated heterocycles. The first-order valence-corrected chi connectivity index (χ1v) is 10.9. The van der Waals surface area contributed by atoms with Crippen LogP contribution in [0.2, 0.25) is 0 Å². The van der Waals surface area contributed by atoms with Crippen LogP contribution in [0, 0.1) is 22.9 Å². The van der Waals surface area contributed by atoms with E-state index in [9.17, 15) is 22.8 Å². The van der Waals surface area contributed by atoms with Gasteiger partial charge in [0.25, 0.3) is 11.8 Å². The van der Waals surface area contributed by atoms with E-state index in [0.29, 0.717) is 0 Å². The molecule has 7 N–H and O–H groups in total. The first-order chi connectivity index (χ1) is 16.6. The molecule has 186 valence electrons. The van der Waals surface area contributed by atoms with Crippen molar-refractivity contribution >= 4 is 17.5 Å². The lowest BCUT2D eigenvalue weighted by molar-refractivity contribution is -0.114. The van der Waals surface area contributed by atoms with E-state index in [2.05, 4.69) is 10.6 Å². The van der Waals surface area contributed by atoms with Gasteiger partial charge in [-0.3, -0.25) is 15.0 Å².